The number of carbonyl (C=O) groups excluding carboxylic acids is 1. The Bertz CT molecular complexity index is 763. The third-order valence-electron chi connectivity index (χ3n) is 3.94. The van der Waals surface area contributed by atoms with Crippen LogP contribution in [0, 0.1) is 0 Å². The molecule has 2 aromatic rings. The van der Waals surface area contributed by atoms with Crippen molar-refractivity contribution in [1.82, 2.24) is 10.3 Å². The van der Waals surface area contributed by atoms with E-state index in [-0.39, 0.29) is 23.0 Å². The van der Waals surface area contributed by atoms with Gasteiger partial charge in [0, 0.05) is 19.3 Å². The van der Waals surface area contributed by atoms with Gasteiger partial charge in [0.25, 0.3) is 5.91 Å². The number of ether oxygens (including phenoxy) is 2. The number of fused-ring (bicyclic) bond motifs is 1. The van der Waals surface area contributed by atoms with Crippen LogP contribution in [0.25, 0.3) is 10.9 Å². The molecule has 1 unspecified atom stereocenters. The van der Waals surface area contributed by atoms with Crippen LogP contribution in [-0.2, 0) is 4.74 Å². The number of pyridine rings is 1. The quantitative estimate of drug-likeness (QED) is 0.882. The Morgan fingerprint density at radius 2 is 2.35 bits per heavy atom. The second kappa shape index (κ2) is 6.83. The normalized spacial score (nSPS) is 17.3. The molecule has 0 saturated carbocycles. The number of hydrogen-bond acceptors (Lipinski definition) is 4. The van der Waals surface area contributed by atoms with Crippen molar-refractivity contribution >= 4 is 16.8 Å². The standard InChI is InChI=1S/C17H20N2O4/c1-2-22-14-7-3-6-12-15(14)18-10-13(16(12)20)17(21)19-9-11-5-4-8-23-11/h3,6-7,10-11H,2,4-5,8-9H2,1H3,(H,18,20)(H,19,21). The minimum Gasteiger partial charge on any atom is -0.492 e. The highest BCUT2D eigenvalue weighted by Gasteiger charge is 2.19. The fourth-order valence-electron chi connectivity index (χ4n) is 2.78. The van der Waals surface area contributed by atoms with Crippen LogP contribution in [0.15, 0.2) is 29.2 Å². The van der Waals surface area contributed by atoms with Gasteiger partial charge in [0.15, 0.2) is 0 Å². The summed E-state index contributed by atoms with van der Waals surface area (Å²) in [7, 11) is 0. The molecule has 6 heteroatoms. The molecule has 6 nitrogen and oxygen atoms in total. The van der Waals surface area contributed by atoms with E-state index in [0.29, 0.717) is 29.8 Å². The van der Waals surface area contributed by atoms with Gasteiger partial charge < -0.3 is 19.8 Å². The Labute approximate surface area is 133 Å². The van der Waals surface area contributed by atoms with Gasteiger partial charge in [0.1, 0.15) is 11.3 Å². The number of hydrogen-bond donors (Lipinski definition) is 2. The Morgan fingerprint density at radius 1 is 1.48 bits per heavy atom. The van der Waals surface area contributed by atoms with E-state index in [4.69, 9.17) is 9.47 Å². The number of nitrogens with one attached hydrogen (secondary N) is 2. The summed E-state index contributed by atoms with van der Waals surface area (Å²) in [4.78, 5) is 27.8. The van der Waals surface area contributed by atoms with Crippen LogP contribution in [0.2, 0.25) is 0 Å². The molecule has 1 atom stereocenters. The summed E-state index contributed by atoms with van der Waals surface area (Å²) < 4.78 is 11.0. The molecule has 0 radical (unpaired) electrons. The van der Waals surface area contributed by atoms with Gasteiger partial charge in [-0.3, -0.25) is 9.59 Å². The van der Waals surface area contributed by atoms with Crippen LogP contribution in [-0.4, -0.2) is 36.8 Å². The van der Waals surface area contributed by atoms with E-state index in [9.17, 15) is 9.59 Å². The van der Waals surface area contributed by atoms with Gasteiger partial charge in [-0.25, -0.2) is 0 Å². The van der Waals surface area contributed by atoms with E-state index in [1.807, 2.05) is 6.92 Å². The zero-order valence-electron chi connectivity index (χ0n) is 13.1. The molecule has 2 heterocycles. The summed E-state index contributed by atoms with van der Waals surface area (Å²) in [6, 6.07) is 5.23. The lowest BCUT2D eigenvalue weighted by Gasteiger charge is -2.11. The number of amides is 1. The summed E-state index contributed by atoms with van der Waals surface area (Å²) in [6.07, 6.45) is 3.43. The molecule has 0 aliphatic carbocycles. The minimum absolute atomic E-state index is 0.0445. The molecular formula is C17H20N2O4. The molecule has 0 spiro atoms. The zero-order valence-corrected chi connectivity index (χ0v) is 13.1. The summed E-state index contributed by atoms with van der Waals surface area (Å²) in [5.41, 5.74) is 0.407. The number of aromatic amines is 1. The number of rotatable bonds is 5. The highest BCUT2D eigenvalue weighted by atomic mass is 16.5. The van der Waals surface area contributed by atoms with Crippen molar-refractivity contribution < 1.29 is 14.3 Å². The molecular weight excluding hydrogens is 296 g/mol. The van der Waals surface area contributed by atoms with Crippen LogP contribution >= 0.6 is 0 Å². The van der Waals surface area contributed by atoms with Crippen molar-refractivity contribution in [2.24, 2.45) is 0 Å². The van der Waals surface area contributed by atoms with Crippen molar-refractivity contribution in [2.45, 2.75) is 25.9 Å². The number of H-pyrrole nitrogens is 1. The van der Waals surface area contributed by atoms with E-state index < -0.39 is 0 Å². The van der Waals surface area contributed by atoms with Crippen LogP contribution in [0.3, 0.4) is 0 Å². The first kappa shape index (κ1) is 15.6. The molecule has 1 fully saturated rings. The fraction of sp³-hybridized carbons (Fsp3) is 0.412. The third-order valence-corrected chi connectivity index (χ3v) is 3.94. The molecule has 1 aromatic heterocycles. The highest BCUT2D eigenvalue weighted by Crippen LogP contribution is 2.21. The van der Waals surface area contributed by atoms with Crippen molar-refractivity contribution in [3.63, 3.8) is 0 Å². The second-order valence-corrected chi connectivity index (χ2v) is 5.49. The van der Waals surface area contributed by atoms with Gasteiger partial charge >= 0.3 is 0 Å². The number of aromatic nitrogens is 1. The molecule has 2 N–H and O–H groups in total. The van der Waals surface area contributed by atoms with E-state index in [1.165, 1.54) is 6.20 Å². The van der Waals surface area contributed by atoms with Crippen molar-refractivity contribution in [3.05, 3.63) is 40.2 Å². The maximum absolute atomic E-state index is 12.6. The largest absolute Gasteiger partial charge is 0.492 e. The first-order valence-electron chi connectivity index (χ1n) is 7.87. The number of para-hydroxylation sites is 1. The van der Waals surface area contributed by atoms with Crippen LogP contribution in [0.5, 0.6) is 5.75 Å². The van der Waals surface area contributed by atoms with E-state index in [0.717, 1.165) is 19.4 Å². The minimum atomic E-state index is -0.384. The lowest BCUT2D eigenvalue weighted by Crippen LogP contribution is -2.34. The fourth-order valence-corrected chi connectivity index (χ4v) is 2.78. The Balaban J connectivity index is 1.85. The molecule has 1 aliphatic rings. The van der Waals surface area contributed by atoms with Crippen LogP contribution in [0.1, 0.15) is 30.1 Å². The Kier molecular flexibility index (Phi) is 4.62. The summed E-state index contributed by atoms with van der Waals surface area (Å²) in [6.45, 7) is 3.54. The predicted octanol–water partition coefficient (Wildman–Crippen LogP) is 1.84. The van der Waals surface area contributed by atoms with Crippen molar-refractivity contribution in [2.75, 3.05) is 19.8 Å². The first-order chi connectivity index (χ1) is 11.2. The molecule has 1 saturated heterocycles. The summed E-state index contributed by atoms with van der Waals surface area (Å²) in [5.74, 6) is 0.221. The predicted molar refractivity (Wildman–Crippen MR) is 87.0 cm³/mol. The molecule has 1 aliphatic heterocycles. The Hall–Kier alpha value is -2.34. The van der Waals surface area contributed by atoms with Gasteiger partial charge in [-0.15, -0.1) is 0 Å². The average Bonchev–Trinajstić information content (AvgIpc) is 3.07. The molecule has 1 amide bonds. The third kappa shape index (κ3) is 3.22. The van der Waals surface area contributed by atoms with Gasteiger partial charge in [-0.1, -0.05) is 6.07 Å². The van der Waals surface area contributed by atoms with Crippen molar-refractivity contribution in [3.8, 4) is 5.75 Å². The summed E-state index contributed by atoms with van der Waals surface area (Å²) in [5, 5.41) is 3.22. The van der Waals surface area contributed by atoms with Crippen molar-refractivity contribution in [1.29, 1.82) is 0 Å². The highest BCUT2D eigenvalue weighted by molar-refractivity contribution is 5.98. The number of carbonyl (C=O) groups is 1. The van der Waals surface area contributed by atoms with Crippen LogP contribution < -0.4 is 15.5 Å². The van der Waals surface area contributed by atoms with Gasteiger partial charge in [-0.05, 0) is 31.9 Å². The average molecular weight is 316 g/mol. The smallest absolute Gasteiger partial charge is 0.256 e. The van der Waals surface area contributed by atoms with Gasteiger partial charge in [-0.2, -0.15) is 0 Å². The SMILES string of the molecule is CCOc1cccc2c(=O)c(C(=O)NCC3CCCO3)c[nH]c12. The molecule has 122 valence electrons. The summed E-state index contributed by atoms with van der Waals surface area (Å²) >= 11 is 0. The lowest BCUT2D eigenvalue weighted by atomic mass is 10.1. The van der Waals surface area contributed by atoms with Gasteiger partial charge in [0.05, 0.1) is 23.6 Å². The maximum atomic E-state index is 12.6. The van der Waals surface area contributed by atoms with E-state index in [2.05, 4.69) is 10.3 Å². The lowest BCUT2D eigenvalue weighted by molar-refractivity contribution is 0.0857. The molecule has 3 rings (SSSR count). The monoisotopic (exact) mass is 316 g/mol. The zero-order chi connectivity index (χ0) is 16.2. The van der Waals surface area contributed by atoms with Gasteiger partial charge in [0.2, 0.25) is 5.43 Å². The molecule has 23 heavy (non-hydrogen) atoms. The van der Waals surface area contributed by atoms with Crippen LogP contribution in [0.4, 0.5) is 0 Å². The molecule has 0 bridgehead atoms. The number of benzene rings is 1. The second-order valence-electron chi connectivity index (χ2n) is 5.49. The maximum Gasteiger partial charge on any atom is 0.256 e. The Morgan fingerprint density at radius 3 is 3.09 bits per heavy atom. The first-order valence-corrected chi connectivity index (χ1v) is 7.87. The van der Waals surface area contributed by atoms with E-state index >= 15 is 0 Å². The topological polar surface area (TPSA) is 80.4 Å². The van der Waals surface area contributed by atoms with E-state index in [1.54, 1.807) is 18.2 Å². The molecule has 1 aromatic carbocycles.